The molecule has 0 spiro atoms. The van der Waals surface area contributed by atoms with Crippen LogP contribution in [0.2, 0.25) is 0 Å². The van der Waals surface area contributed by atoms with Crippen molar-refractivity contribution in [3.63, 3.8) is 0 Å². The molecule has 0 rings (SSSR count). The van der Waals surface area contributed by atoms with E-state index in [9.17, 15) is 4.21 Å². The van der Waals surface area contributed by atoms with E-state index < -0.39 is 11.1 Å². The summed E-state index contributed by atoms with van der Waals surface area (Å²) in [5.41, 5.74) is 0. The van der Waals surface area contributed by atoms with E-state index in [1.54, 1.807) is 6.92 Å². The predicted molar refractivity (Wildman–Crippen MR) is 21.3 cm³/mol. The van der Waals surface area contributed by atoms with Gasteiger partial charge in [-0.05, 0) is 0 Å². The van der Waals surface area contributed by atoms with Crippen LogP contribution in [-0.4, -0.2) is 14.5 Å². The van der Waals surface area contributed by atoms with E-state index in [2.05, 4.69) is 0 Å². The van der Waals surface area contributed by atoms with Crippen molar-refractivity contribution in [3.05, 3.63) is 0 Å². The molecule has 0 bridgehead atoms. The van der Waals surface area contributed by atoms with Gasteiger partial charge in [0.15, 0.2) is 11.1 Å². The first-order valence-electron chi connectivity index (χ1n) is 1.35. The van der Waals surface area contributed by atoms with Crippen LogP contribution in [0, 0.1) is 0 Å². The van der Waals surface area contributed by atoms with Gasteiger partial charge in [0.2, 0.25) is 0 Å². The zero-order chi connectivity index (χ0) is 4.28. The number of hydrogen-bond acceptors (Lipinski definition) is 1. The van der Waals surface area contributed by atoms with Crippen molar-refractivity contribution < 1.29 is 38.3 Å². The molecule has 0 radical (unpaired) electrons. The Hall–Kier alpha value is 1.11. The minimum Gasteiger partial charge on any atom is -0.306 e. The Morgan fingerprint density at radius 3 is 2.00 bits per heavy atom. The molecule has 1 N–H and O–H groups in total. The van der Waals surface area contributed by atoms with Crippen molar-refractivity contribution in [2.45, 2.75) is 6.92 Å². The smallest absolute Gasteiger partial charge is 0.306 e. The van der Waals surface area contributed by atoms with Gasteiger partial charge in [0.1, 0.15) is 0 Å². The molecule has 0 aromatic rings. The molecule has 2 nitrogen and oxygen atoms in total. The second kappa shape index (κ2) is 6.11. The van der Waals surface area contributed by atoms with Crippen molar-refractivity contribution in [1.82, 2.24) is 0 Å². The van der Waals surface area contributed by atoms with Gasteiger partial charge in [0.25, 0.3) is 0 Å². The van der Waals surface area contributed by atoms with Gasteiger partial charge in [-0.15, -0.1) is 0 Å². The average molecular weight is 117 g/mol. The summed E-state index contributed by atoms with van der Waals surface area (Å²) < 4.78 is 17.3. The molecule has 1 unspecified atom stereocenters. The quantitative estimate of drug-likeness (QED) is 0.298. The second-order valence-electron chi connectivity index (χ2n) is 0.610. The van der Waals surface area contributed by atoms with Crippen LogP contribution >= 0.6 is 0 Å². The summed E-state index contributed by atoms with van der Waals surface area (Å²) in [4.78, 5) is 0. The molecule has 0 fully saturated rings. The molecule has 4 heteroatoms. The van der Waals surface area contributed by atoms with Crippen molar-refractivity contribution in [3.8, 4) is 0 Å². The monoisotopic (exact) mass is 117 g/mol. The van der Waals surface area contributed by atoms with Crippen LogP contribution in [-0.2, 0) is 11.1 Å². The molecule has 1 atom stereocenters. The Kier molecular flexibility index (Phi) is 10.4. The third kappa shape index (κ3) is 8.92. The summed E-state index contributed by atoms with van der Waals surface area (Å²) in [5, 5.41) is 0. The normalized spacial score (nSPS) is 12.3. The van der Waals surface area contributed by atoms with Crippen molar-refractivity contribution in [2.75, 3.05) is 5.75 Å². The maximum absolute atomic E-state index is 9.48. The van der Waals surface area contributed by atoms with E-state index in [0.717, 1.165) is 0 Å². The summed E-state index contributed by atoms with van der Waals surface area (Å²) in [5.74, 6) is 0.333. The van der Waals surface area contributed by atoms with Gasteiger partial charge in [0.05, 0.1) is 0 Å². The molecule has 0 aromatic heterocycles. The molecule has 0 aliphatic rings. The standard InChI is InChI=1S/C2H6O2S.Na/c1-2-5(3)4;/h2H2,1H3,(H,3,4);/q;+1. The van der Waals surface area contributed by atoms with Crippen LogP contribution in [0.5, 0.6) is 0 Å². The van der Waals surface area contributed by atoms with Crippen LogP contribution in [0.1, 0.15) is 6.92 Å². The topological polar surface area (TPSA) is 37.3 Å². The van der Waals surface area contributed by atoms with E-state index in [1.807, 2.05) is 0 Å². The Labute approximate surface area is 61.9 Å². The van der Waals surface area contributed by atoms with E-state index in [1.165, 1.54) is 0 Å². The average Bonchev–Trinajstić information content (AvgIpc) is 1.38. The molecule has 0 aliphatic heterocycles. The summed E-state index contributed by atoms with van der Waals surface area (Å²) in [6.07, 6.45) is 0. The molecule has 0 saturated heterocycles. The molecule has 0 saturated carbocycles. The van der Waals surface area contributed by atoms with Crippen molar-refractivity contribution >= 4 is 11.1 Å². The van der Waals surface area contributed by atoms with Gasteiger partial charge in [-0.3, -0.25) is 0 Å². The van der Waals surface area contributed by atoms with E-state index >= 15 is 0 Å². The molecule has 0 aliphatic carbocycles. The molecule has 0 aromatic carbocycles. The Morgan fingerprint density at radius 1 is 1.83 bits per heavy atom. The van der Waals surface area contributed by atoms with Gasteiger partial charge in [0, 0.05) is 5.75 Å². The summed E-state index contributed by atoms with van der Waals surface area (Å²) in [6, 6.07) is 0. The Morgan fingerprint density at radius 2 is 2.00 bits per heavy atom. The number of rotatable bonds is 1. The van der Waals surface area contributed by atoms with E-state index in [0.29, 0.717) is 5.75 Å². The third-order valence-electron chi connectivity index (χ3n) is 0.247. The molecule has 0 amide bonds. The van der Waals surface area contributed by atoms with Gasteiger partial charge in [-0.25, -0.2) is 4.21 Å². The minimum atomic E-state index is -1.57. The maximum atomic E-state index is 9.48. The van der Waals surface area contributed by atoms with Crippen molar-refractivity contribution in [2.24, 2.45) is 0 Å². The Balaban J connectivity index is 0. The fourth-order valence-corrected chi connectivity index (χ4v) is 0. The Bertz CT molecular complexity index is 46.8. The molecule has 32 valence electrons. The first kappa shape index (κ1) is 10.2. The summed E-state index contributed by atoms with van der Waals surface area (Å²) in [6.45, 7) is 1.65. The zero-order valence-corrected chi connectivity index (χ0v) is 6.79. The van der Waals surface area contributed by atoms with Crippen LogP contribution in [0.15, 0.2) is 0 Å². The fourth-order valence-electron chi connectivity index (χ4n) is 0. The zero-order valence-electron chi connectivity index (χ0n) is 3.97. The summed E-state index contributed by atoms with van der Waals surface area (Å²) >= 11 is -1.57. The van der Waals surface area contributed by atoms with Crippen LogP contribution < -0.4 is 29.6 Å². The van der Waals surface area contributed by atoms with Crippen LogP contribution in [0.4, 0.5) is 0 Å². The predicted octanol–water partition coefficient (Wildman–Crippen LogP) is -2.77. The van der Waals surface area contributed by atoms with Crippen molar-refractivity contribution in [1.29, 1.82) is 0 Å². The second-order valence-corrected chi connectivity index (χ2v) is 1.83. The largest absolute Gasteiger partial charge is 1.00 e. The summed E-state index contributed by atoms with van der Waals surface area (Å²) in [7, 11) is 0. The van der Waals surface area contributed by atoms with E-state index in [4.69, 9.17) is 4.55 Å². The fraction of sp³-hybridized carbons (Fsp3) is 1.00. The number of hydrogen-bond donors (Lipinski definition) is 1. The molecular formula is C2H6NaO2S+. The van der Waals surface area contributed by atoms with Gasteiger partial charge >= 0.3 is 29.6 Å². The molecular weight excluding hydrogens is 111 g/mol. The maximum Gasteiger partial charge on any atom is 1.00 e. The third-order valence-corrected chi connectivity index (χ3v) is 0.741. The minimum absolute atomic E-state index is 0. The first-order chi connectivity index (χ1) is 2.27. The van der Waals surface area contributed by atoms with E-state index in [-0.39, 0.29) is 29.6 Å². The molecule has 0 heterocycles. The molecule has 6 heavy (non-hydrogen) atoms. The van der Waals surface area contributed by atoms with Crippen LogP contribution in [0.3, 0.4) is 0 Å². The SMILES string of the molecule is CCS(=O)O.[Na+]. The van der Waals surface area contributed by atoms with Gasteiger partial charge < -0.3 is 4.55 Å². The van der Waals surface area contributed by atoms with Gasteiger partial charge in [-0.2, -0.15) is 0 Å². The first-order valence-corrected chi connectivity index (χ1v) is 2.62. The van der Waals surface area contributed by atoms with Gasteiger partial charge in [-0.1, -0.05) is 6.92 Å². The van der Waals surface area contributed by atoms with Crippen LogP contribution in [0.25, 0.3) is 0 Å².